The third-order valence-electron chi connectivity index (χ3n) is 10.2. The molecule has 6 aromatic carbocycles. The first-order chi connectivity index (χ1) is 22.1. The van der Waals surface area contributed by atoms with E-state index in [1.807, 2.05) is 0 Å². The van der Waals surface area contributed by atoms with Crippen LogP contribution < -0.4 is 0 Å². The quantitative estimate of drug-likeness (QED) is 0.188. The smallest absolute Gasteiger partial charge is 0.0549 e. The second-order valence-corrected chi connectivity index (χ2v) is 15.1. The Labute approximate surface area is 270 Å². The van der Waals surface area contributed by atoms with Gasteiger partial charge in [0.15, 0.2) is 0 Å². The summed E-state index contributed by atoms with van der Waals surface area (Å²) in [6.45, 7) is 13.8. The van der Waals surface area contributed by atoms with E-state index >= 15 is 0 Å². The predicted octanol–water partition coefficient (Wildman–Crippen LogP) is 12.1. The molecule has 2 bridgehead atoms. The molecule has 0 radical (unpaired) electrons. The number of hydrogen-bond acceptors (Lipinski definition) is 0. The lowest BCUT2D eigenvalue weighted by molar-refractivity contribution is 0.590. The molecule has 0 amide bonds. The van der Waals surface area contributed by atoms with Crippen LogP contribution in [0.1, 0.15) is 52.7 Å². The Bertz CT molecular complexity index is 2450. The summed E-state index contributed by atoms with van der Waals surface area (Å²) in [4.78, 5) is 0. The van der Waals surface area contributed by atoms with Crippen LogP contribution in [-0.2, 0) is 10.8 Å². The summed E-state index contributed by atoms with van der Waals surface area (Å²) in [5.74, 6) is 0. The second kappa shape index (κ2) is 9.23. The molecule has 2 nitrogen and oxygen atoms in total. The highest BCUT2D eigenvalue weighted by Crippen LogP contribution is 2.49. The molecular weight excluding hydrogens is 556 g/mol. The molecule has 2 aromatic heterocycles. The van der Waals surface area contributed by atoms with Crippen LogP contribution in [0.3, 0.4) is 0 Å². The number of rotatable bonds is 2. The summed E-state index contributed by atoms with van der Waals surface area (Å²) in [7, 11) is 0. The van der Waals surface area contributed by atoms with E-state index in [1.165, 1.54) is 88.4 Å². The van der Waals surface area contributed by atoms with Gasteiger partial charge in [0.25, 0.3) is 0 Å². The molecule has 1 aliphatic carbocycles. The van der Waals surface area contributed by atoms with E-state index in [2.05, 4.69) is 172 Å². The molecule has 0 saturated carbocycles. The minimum absolute atomic E-state index is 0.0587. The summed E-state index contributed by atoms with van der Waals surface area (Å²) in [5, 5.41) is 5.28. The fourth-order valence-electron chi connectivity index (χ4n) is 7.77. The van der Waals surface area contributed by atoms with Gasteiger partial charge in [-0.05, 0) is 99.3 Å². The first kappa shape index (κ1) is 27.2. The highest BCUT2D eigenvalue weighted by Gasteiger charge is 2.27. The Kier molecular flexibility index (Phi) is 5.47. The van der Waals surface area contributed by atoms with E-state index in [0.29, 0.717) is 0 Å². The van der Waals surface area contributed by atoms with Crippen molar-refractivity contribution < 1.29 is 0 Å². The van der Waals surface area contributed by atoms with Crippen molar-refractivity contribution in [2.75, 3.05) is 0 Å². The van der Waals surface area contributed by atoms with Gasteiger partial charge in [-0.3, -0.25) is 0 Å². The lowest BCUT2D eigenvalue weighted by Crippen LogP contribution is -2.10. The van der Waals surface area contributed by atoms with Crippen molar-refractivity contribution >= 4 is 43.6 Å². The van der Waals surface area contributed by atoms with Gasteiger partial charge < -0.3 is 9.13 Å². The topological polar surface area (TPSA) is 9.86 Å². The standard InChI is InChI=1S/C44H38N2/c1-43(2,3)29-18-20-35-33(25-29)34-26-30(44(4,5)6)19-21-36(34)46(35)38-22-23-39-42-40(38)28-13-10-12-27(24-28)32-16-11-17-37(41(32)42)45(39)31-14-8-7-9-15-31/h7-26H,1-6H3. The molecule has 2 heterocycles. The van der Waals surface area contributed by atoms with Gasteiger partial charge in [0.05, 0.1) is 27.8 Å². The maximum Gasteiger partial charge on any atom is 0.0549 e. The molecular formula is C44H38N2. The van der Waals surface area contributed by atoms with E-state index in [1.54, 1.807) is 0 Å². The molecule has 9 rings (SSSR count). The minimum Gasteiger partial charge on any atom is -0.309 e. The third kappa shape index (κ3) is 3.76. The first-order valence-corrected chi connectivity index (χ1v) is 16.5. The van der Waals surface area contributed by atoms with Crippen LogP contribution >= 0.6 is 0 Å². The van der Waals surface area contributed by atoms with Crippen molar-refractivity contribution in [2.24, 2.45) is 0 Å². The Morgan fingerprint density at radius 3 is 1.67 bits per heavy atom. The molecule has 46 heavy (non-hydrogen) atoms. The summed E-state index contributed by atoms with van der Waals surface area (Å²) >= 11 is 0. The lowest BCUT2D eigenvalue weighted by Gasteiger charge is -2.19. The maximum absolute atomic E-state index is 2.53. The molecule has 2 heteroatoms. The molecule has 0 N–H and O–H groups in total. The summed E-state index contributed by atoms with van der Waals surface area (Å²) in [5.41, 5.74) is 15.3. The number of nitrogens with zero attached hydrogens (tertiary/aromatic N) is 2. The van der Waals surface area contributed by atoms with Crippen molar-refractivity contribution in [3.8, 4) is 33.6 Å². The van der Waals surface area contributed by atoms with E-state index in [-0.39, 0.29) is 10.8 Å². The number of para-hydroxylation sites is 1. The molecule has 0 spiro atoms. The van der Waals surface area contributed by atoms with E-state index in [9.17, 15) is 0 Å². The zero-order chi connectivity index (χ0) is 31.5. The van der Waals surface area contributed by atoms with E-state index in [0.717, 1.165) is 0 Å². The monoisotopic (exact) mass is 594 g/mol. The van der Waals surface area contributed by atoms with Crippen LogP contribution in [0.15, 0.2) is 121 Å². The molecule has 0 fully saturated rings. The van der Waals surface area contributed by atoms with Crippen LogP contribution in [0.2, 0.25) is 0 Å². The largest absolute Gasteiger partial charge is 0.309 e. The number of hydrogen-bond donors (Lipinski definition) is 0. The van der Waals surface area contributed by atoms with Gasteiger partial charge in [-0.1, -0.05) is 102 Å². The highest BCUT2D eigenvalue weighted by molar-refractivity contribution is 6.24. The highest BCUT2D eigenvalue weighted by atomic mass is 15.0. The summed E-state index contributed by atoms with van der Waals surface area (Å²) in [6, 6.07) is 45.7. The normalized spacial score (nSPS) is 13.0. The van der Waals surface area contributed by atoms with Gasteiger partial charge in [-0.2, -0.15) is 0 Å². The molecule has 0 aliphatic heterocycles. The van der Waals surface area contributed by atoms with E-state index < -0.39 is 0 Å². The molecule has 8 aromatic rings. The fourth-order valence-corrected chi connectivity index (χ4v) is 7.77. The molecule has 0 atom stereocenters. The molecule has 1 aliphatic rings. The van der Waals surface area contributed by atoms with Crippen LogP contribution in [0.25, 0.3) is 77.2 Å². The van der Waals surface area contributed by atoms with Crippen molar-refractivity contribution in [2.45, 2.75) is 52.4 Å². The average molecular weight is 595 g/mol. The third-order valence-corrected chi connectivity index (χ3v) is 10.2. The predicted molar refractivity (Wildman–Crippen MR) is 197 cm³/mol. The second-order valence-electron chi connectivity index (χ2n) is 15.1. The van der Waals surface area contributed by atoms with Gasteiger partial charge in [0.1, 0.15) is 0 Å². The van der Waals surface area contributed by atoms with Crippen molar-refractivity contribution in [3.05, 3.63) is 132 Å². The maximum atomic E-state index is 2.53. The van der Waals surface area contributed by atoms with Crippen LogP contribution in [0.5, 0.6) is 0 Å². The number of fused-ring (bicyclic) bond motifs is 7. The van der Waals surface area contributed by atoms with Crippen molar-refractivity contribution in [1.82, 2.24) is 9.13 Å². The average Bonchev–Trinajstić information content (AvgIpc) is 3.53. The number of aromatic nitrogens is 2. The van der Waals surface area contributed by atoms with Gasteiger partial charge in [0, 0.05) is 32.8 Å². The zero-order valence-corrected chi connectivity index (χ0v) is 27.4. The molecule has 224 valence electrons. The molecule has 0 saturated heterocycles. The Morgan fingerprint density at radius 2 is 1.02 bits per heavy atom. The number of benzene rings is 6. The van der Waals surface area contributed by atoms with Crippen LogP contribution in [0.4, 0.5) is 0 Å². The molecule has 0 unspecified atom stereocenters. The minimum atomic E-state index is 0.0587. The zero-order valence-electron chi connectivity index (χ0n) is 27.4. The fraction of sp³-hybridized carbons (Fsp3) is 0.182. The van der Waals surface area contributed by atoms with Crippen LogP contribution in [0, 0.1) is 0 Å². The first-order valence-electron chi connectivity index (χ1n) is 16.5. The summed E-state index contributed by atoms with van der Waals surface area (Å²) in [6.07, 6.45) is 0. The van der Waals surface area contributed by atoms with Gasteiger partial charge in [0.2, 0.25) is 0 Å². The summed E-state index contributed by atoms with van der Waals surface area (Å²) < 4.78 is 4.98. The van der Waals surface area contributed by atoms with Gasteiger partial charge in [-0.15, -0.1) is 0 Å². The SMILES string of the molecule is CC(C)(C)c1ccc2c(c1)c1cc(C(C)(C)C)ccc1n2-c1ccc2c3c1-c1cccc(c1)-c1cccc(c13)n2-c1ccccc1. The van der Waals surface area contributed by atoms with Gasteiger partial charge >= 0.3 is 0 Å². The Morgan fingerprint density at radius 1 is 0.435 bits per heavy atom. The Balaban J connectivity index is 1.47. The Hall–Kier alpha value is -5.08. The van der Waals surface area contributed by atoms with E-state index in [4.69, 9.17) is 0 Å². The van der Waals surface area contributed by atoms with Gasteiger partial charge in [-0.25, -0.2) is 0 Å². The van der Waals surface area contributed by atoms with Crippen molar-refractivity contribution in [3.63, 3.8) is 0 Å². The van der Waals surface area contributed by atoms with Crippen LogP contribution in [-0.4, -0.2) is 9.13 Å². The lowest BCUT2D eigenvalue weighted by atomic mass is 9.85. The van der Waals surface area contributed by atoms with Crippen molar-refractivity contribution in [1.29, 1.82) is 0 Å².